The molecule has 0 unspecified atom stereocenters. The van der Waals surface area contributed by atoms with Crippen LogP contribution in [0.1, 0.15) is 45.2 Å². The van der Waals surface area contributed by atoms with Gasteiger partial charge in [-0.3, -0.25) is 9.48 Å². The van der Waals surface area contributed by atoms with Crippen LogP contribution in [0.15, 0.2) is 6.20 Å². The van der Waals surface area contributed by atoms with Crippen molar-refractivity contribution in [2.75, 3.05) is 0 Å². The molecule has 0 spiro atoms. The van der Waals surface area contributed by atoms with Crippen molar-refractivity contribution < 1.29 is 4.79 Å². The van der Waals surface area contributed by atoms with Crippen LogP contribution < -0.4 is 0 Å². The summed E-state index contributed by atoms with van der Waals surface area (Å²) in [5.41, 5.74) is 0.782. The maximum atomic E-state index is 12.0. The summed E-state index contributed by atoms with van der Waals surface area (Å²) in [7, 11) is 1.82. The predicted molar refractivity (Wildman–Crippen MR) is 63.0 cm³/mol. The van der Waals surface area contributed by atoms with Crippen LogP contribution in [-0.2, 0) is 18.3 Å². The lowest BCUT2D eigenvalue weighted by atomic mass is 9.91. The van der Waals surface area contributed by atoms with Crippen LogP contribution in [0.4, 0.5) is 0 Å². The zero-order chi connectivity index (χ0) is 12.0. The molecule has 0 saturated carbocycles. The second kappa shape index (κ2) is 6.40. The molecule has 0 aromatic carbocycles. The number of hydrogen-bond acceptors (Lipinski definition) is 3. The number of ketones is 1. The van der Waals surface area contributed by atoms with Crippen LogP contribution in [0, 0.1) is 5.92 Å². The van der Waals surface area contributed by atoms with Crippen molar-refractivity contribution in [3.8, 4) is 0 Å². The number of aryl methyl sites for hydroxylation is 1. The summed E-state index contributed by atoms with van der Waals surface area (Å²) in [6.07, 6.45) is 6.36. The molecule has 0 saturated heterocycles. The van der Waals surface area contributed by atoms with Gasteiger partial charge in [0.25, 0.3) is 0 Å². The number of nitrogens with zero attached hydrogens (tertiary/aromatic N) is 3. The van der Waals surface area contributed by atoms with Crippen LogP contribution in [-0.4, -0.2) is 20.8 Å². The van der Waals surface area contributed by atoms with Crippen LogP contribution in [0.2, 0.25) is 0 Å². The van der Waals surface area contributed by atoms with Gasteiger partial charge in [0.1, 0.15) is 5.78 Å². The molecule has 1 aromatic rings. The molecule has 1 aromatic heterocycles. The van der Waals surface area contributed by atoms with Crippen molar-refractivity contribution >= 4 is 5.78 Å². The van der Waals surface area contributed by atoms with Crippen LogP contribution in [0.25, 0.3) is 0 Å². The first-order chi connectivity index (χ1) is 7.67. The first-order valence-electron chi connectivity index (χ1n) is 6.05. The van der Waals surface area contributed by atoms with E-state index < -0.39 is 0 Å². The lowest BCUT2D eigenvalue weighted by Crippen LogP contribution is -2.17. The zero-order valence-corrected chi connectivity index (χ0v) is 10.4. The van der Waals surface area contributed by atoms with E-state index in [0.717, 1.165) is 31.4 Å². The standard InChI is InChI=1S/C12H21N3O/c1-4-6-10(7-5-2)12(16)8-11-9-15(3)14-13-11/h9-10H,4-8H2,1-3H3. The van der Waals surface area contributed by atoms with E-state index in [-0.39, 0.29) is 5.92 Å². The van der Waals surface area contributed by atoms with Crippen molar-refractivity contribution in [2.24, 2.45) is 13.0 Å². The van der Waals surface area contributed by atoms with E-state index in [1.165, 1.54) is 0 Å². The van der Waals surface area contributed by atoms with E-state index in [1.54, 1.807) is 4.68 Å². The molecule has 0 atom stereocenters. The number of hydrogen-bond donors (Lipinski definition) is 0. The Morgan fingerprint density at radius 2 is 2.00 bits per heavy atom. The maximum Gasteiger partial charge on any atom is 0.142 e. The normalized spacial score (nSPS) is 11.0. The molecule has 0 fully saturated rings. The van der Waals surface area contributed by atoms with Gasteiger partial charge in [-0.2, -0.15) is 0 Å². The van der Waals surface area contributed by atoms with E-state index in [4.69, 9.17) is 0 Å². The first-order valence-corrected chi connectivity index (χ1v) is 6.05. The summed E-state index contributed by atoms with van der Waals surface area (Å²) in [6.45, 7) is 4.25. The predicted octanol–water partition coefficient (Wildman–Crippen LogP) is 2.14. The summed E-state index contributed by atoms with van der Waals surface area (Å²) in [5.74, 6) is 0.515. The van der Waals surface area contributed by atoms with Crippen molar-refractivity contribution in [3.63, 3.8) is 0 Å². The minimum atomic E-state index is 0.206. The number of carbonyl (C=O) groups excluding carboxylic acids is 1. The summed E-state index contributed by atoms with van der Waals surface area (Å²) >= 11 is 0. The van der Waals surface area contributed by atoms with Crippen LogP contribution in [0.3, 0.4) is 0 Å². The van der Waals surface area contributed by atoms with Crippen LogP contribution >= 0.6 is 0 Å². The lowest BCUT2D eigenvalue weighted by Gasteiger charge is -2.12. The molecular formula is C12H21N3O. The average molecular weight is 223 g/mol. The molecule has 0 aliphatic rings. The molecule has 1 rings (SSSR count). The molecule has 0 amide bonds. The number of carbonyl (C=O) groups is 1. The van der Waals surface area contributed by atoms with Gasteiger partial charge in [0.2, 0.25) is 0 Å². The highest BCUT2D eigenvalue weighted by atomic mass is 16.1. The van der Waals surface area contributed by atoms with E-state index in [0.29, 0.717) is 12.2 Å². The molecule has 0 aliphatic carbocycles. The Morgan fingerprint density at radius 3 is 2.44 bits per heavy atom. The molecule has 0 radical (unpaired) electrons. The number of Topliss-reactive ketones (excluding diaryl/α,β-unsaturated/α-hetero) is 1. The second-order valence-electron chi connectivity index (χ2n) is 4.30. The SMILES string of the molecule is CCCC(CCC)C(=O)Cc1cn(C)nn1. The fourth-order valence-corrected chi connectivity index (χ4v) is 1.96. The second-order valence-corrected chi connectivity index (χ2v) is 4.30. The number of aromatic nitrogens is 3. The third kappa shape index (κ3) is 3.76. The molecule has 90 valence electrons. The van der Waals surface area contributed by atoms with Gasteiger partial charge in [0, 0.05) is 19.2 Å². The summed E-state index contributed by atoms with van der Waals surface area (Å²) in [4.78, 5) is 12.0. The highest BCUT2D eigenvalue weighted by molar-refractivity contribution is 5.82. The monoisotopic (exact) mass is 223 g/mol. The Kier molecular flexibility index (Phi) is 5.15. The minimum Gasteiger partial charge on any atom is -0.299 e. The van der Waals surface area contributed by atoms with Gasteiger partial charge in [-0.25, -0.2) is 0 Å². The maximum absolute atomic E-state index is 12.0. The van der Waals surface area contributed by atoms with Gasteiger partial charge in [0.05, 0.1) is 12.1 Å². The molecule has 1 heterocycles. The smallest absolute Gasteiger partial charge is 0.142 e. The van der Waals surface area contributed by atoms with Gasteiger partial charge >= 0.3 is 0 Å². The summed E-state index contributed by atoms with van der Waals surface area (Å²) in [6, 6.07) is 0. The van der Waals surface area contributed by atoms with Gasteiger partial charge in [-0.1, -0.05) is 31.9 Å². The summed E-state index contributed by atoms with van der Waals surface area (Å²) in [5, 5.41) is 7.79. The average Bonchev–Trinajstić information content (AvgIpc) is 2.63. The van der Waals surface area contributed by atoms with E-state index in [9.17, 15) is 4.79 Å². The largest absolute Gasteiger partial charge is 0.299 e. The number of rotatable bonds is 7. The van der Waals surface area contributed by atoms with E-state index in [2.05, 4.69) is 24.2 Å². The van der Waals surface area contributed by atoms with Gasteiger partial charge in [-0.15, -0.1) is 5.10 Å². The zero-order valence-electron chi connectivity index (χ0n) is 10.4. The lowest BCUT2D eigenvalue weighted by molar-refractivity contribution is -0.122. The minimum absolute atomic E-state index is 0.206. The molecule has 0 bridgehead atoms. The molecule has 4 heteroatoms. The van der Waals surface area contributed by atoms with Crippen LogP contribution in [0.5, 0.6) is 0 Å². The Hall–Kier alpha value is -1.19. The molecular weight excluding hydrogens is 202 g/mol. The van der Waals surface area contributed by atoms with Gasteiger partial charge in [0.15, 0.2) is 0 Å². The third-order valence-corrected chi connectivity index (χ3v) is 2.74. The Balaban J connectivity index is 2.54. The van der Waals surface area contributed by atoms with Crippen molar-refractivity contribution in [1.29, 1.82) is 0 Å². The van der Waals surface area contributed by atoms with Crippen molar-refractivity contribution in [1.82, 2.24) is 15.0 Å². The molecule has 4 nitrogen and oxygen atoms in total. The fraction of sp³-hybridized carbons (Fsp3) is 0.750. The van der Waals surface area contributed by atoms with E-state index >= 15 is 0 Å². The Bertz CT molecular complexity index is 327. The highest BCUT2D eigenvalue weighted by Gasteiger charge is 2.17. The quantitative estimate of drug-likeness (QED) is 0.711. The molecule has 0 aliphatic heterocycles. The Morgan fingerprint density at radius 1 is 1.38 bits per heavy atom. The van der Waals surface area contributed by atoms with E-state index in [1.807, 2.05) is 13.2 Å². The van der Waals surface area contributed by atoms with Crippen molar-refractivity contribution in [3.05, 3.63) is 11.9 Å². The van der Waals surface area contributed by atoms with Gasteiger partial charge < -0.3 is 0 Å². The third-order valence-electron chi connectivity index (χ3n) is 2.74. The topological polar surface area (TPSA) is 47.8 Å². The first kappa shape index (κ1) is 12.9. The van der Waals surface area contributed by atoms with Gasteiger partial charge in [-0.05, 0) is 12.8 Å². The fourth-order valence-electron chi connectivity index (χ4n) is 1.96. The molecule has 16 heavy (non-hydrogen) atoms. The Labute approximate surface area is 97.0 Å². The summed E-state index contributed by atoms with van der Waals surface area (Å²) < 4.78 is 1.64. The molecule has 0 N–H and O–H groups in total. The highest BCUT2D eigenvalue weighted by Crippen LogP contribution is 2.16. The van der Waals surface area contributed by atoms with Crippen molar-refractivity contribution in [2.45, 2.75) is 46.0 Å².